The molecule has 1 fully saturated rings. The van der Waals surface area contributed by atoms with Gasteiger partial charge in [0.05, 0.1) is 7.11 Å². The summed E-state index contributed by atoms with van der Waals surface area (Å²) in [4.78, 5) is 14.2. The number of rotatable bonds is 6. The molecule has 35 heavy (non-hydrogen) atoms. The molecule has 4 nitrogen and oxygen atoms in total. The van der Waals surface area contributed by atoms with Crippen molar-refractivity contribution >= 4 is 22.8 Å². The largest absolute Gasteiger partial charge is 0.497 e. The topological polar surface area (TPSA) is 38.8 Å². The van der Waals surface area contributed by atoms with E-state index in [2.05, 4.69) is 31.2 Å². The van der Waals surface area contributed by atoms with Gasteiger partial charge in [-0.3, -0.25) is 4.79 Å². The summed E-state index contributed by atoms with van der Waals surface area (Å²) in [6.07, 6.45) is 5.72. The predicted molar refractivity (Wildman–Crippen MR) is 142 cm³/mol. The fourth-order valence-corrected chi connectivity index (χ4v) is 4.66. The number of nitrogens with zero attached hydrogens (tertiary/aromatic N) is 1. The Morgan fingerprint density at radius 1 is 0.886 bits per heavy atom. The molecule has 0 aliphatic carbocycles. The number of ether oxygens (including phenoxy) is 2. The summed E-state index contributed by atoms with van der Waals surface area (Å²) < 4.78 is 12.0. The molecular weight excluding hydrogens is 434 g/mol. The molecule has 1 aliphatic rings. The number of carbonyl (C=O) groups excluding carboxylic acids is 1. The Balaban J connectivity index is 1.48. The molecule has 0 atom stereocenters. The van der Waals surface area contributed by atoms with Gasteiger partial charge >= 0.3 is 0 Å². The second-order valence-electron chi connectivity index (χ2n) is 8.89. The molecule has 4 aromatic carbocycles. The number of aryl methyl sites for hydroxylation is 1. The lowest BCUT2D eigenvalue weighted by Crippen LogP contribution is -2.25. The van der Waals surface area contributed by atoms with Crippen molar-refractivity contribution in [2.45, 2.75) is 19.8 Å². The van der Waals surface area contributed by atoms with Gasteiger partial charge in [-0.2, -0.15) is 0 Å². The average Bonchev–Trinajstić information content (AvgIpc) is 3.43. The van der Waals surface area contributed by atoms with Gasteiger partial charge in [-0.1, -0.05) is 48.5 Å². The van der Waals surface area contributed by atoms with Gasteiger partial charge in [-0.05, 0) is 78.2 Å². The van der Waals surface area contributed by atoms with E-state index in [1.807, 2.05) is 65.6 Å². The molecule has 1 heterocycles. The Morgan fingerprint density at radius 3 is 2.31 bits per heavy atom. The predicted octanol–water partition coefficient (Wildman–Crippen LogP) is 7.25. The van der Waals surface area contributed by atoms with Gasteiger partial charge in [0.2, 0.25) is 5.91 Å². The fraction of sp³-hybridized carbons (Fsp3) is 0.194. The van der Waals surface area contributed by atoms with Gasteiger partial charge < -0.3 is 14.4 Å². The van der Waals surface area contributed by atoms with E-state index in [1.54, 1.807) is 13.2 Å². The van der Waals surface area contributed by atoms with Crippen molar-refractivity contribution < 1.29 is 14.3 Å². The van der Waals surface area contributed by atoms with E-state index >= 15 is 0 Å². The first-order valence-corrected chi connectivity index (χ1v) is 12.0. The van der Waals surface area contributed by atoms with Crippen LogP contribution in [-0.2, 0) is 4.79 Å². The maximum absolute atomic E-state index is 12.3. The van der Waals surface area contributed by atoms with E-state index in [9.17, 15) is 4.79 Å². The van der Waals surface area contributed by atoms with Crippen LogP contribution in [0.5, 0.6) is 17.2 Å². The van der Waals surface area contributed by atoms with E-state index in [4.69, 9.17) is 9.47 Å². The number of carbonyl (C=O) groups is 1. The highest BCUT2D eigenvalue weighted by atomic mass is 16.5. The molecule has 0 unspecified atom stereocenters. The zero-order valence-corrected chi connectivity index (χ0v) is 20.2. The van der Waals surface area contributed by atoms with Crippen molar-refractivity contribution in [2.75, 3.05) is 20.2 Å². The van der Waals surface area contributed by atoms with E-state index in [1.165, 1.54) is 0 Å². The van der Waals surface area contributed by atoms with Gasteiger partial charge in [0.1, 0.15) is 17.2 Å². The van der Waals surface area contributed by atoms with Crippen LogP contribution < -0.4 is 9.47 Å². The van der Waals surface area contributed by atoms with Crippen LogP contribution >= 0.6 is 0 Å². The SMILES string of the molecule is COc1ccc2c(Oc3ccc(C=CC(=O)N4CCCC4)cc3)c(-c3ccccc3)c(C)cc2c1. The molecule has 0 bridgehead atoms. The normalized spacial score (nSPS) is 13.5. The molecule has 1 amide bonds. The summed E-state index contributed by atoms with van der Waals surface area (Å²) in [5, 5.41) is 2.09. The highest BCUT2D eigenvalue weighted by Gasteiger charge is 2.17. The molecule has 5 rings (SSSR count). The van der Waals surface area contributed by atoms with Crippen molar-refractivity contribution in [3.05, 3.63) is 96.1 Å². The van der Waals surface area contributed by atoms with Crippen molar-refractivity contribution in [1.82, 2.24) is 4.90 Å². The summed E-state index contributed by atoms with van der Waals surface area (Å²) in [7, 11) is 1.68. The first-order chi connectivity index (χ1) is 17.1. The molecule has 0 spiro atoms. The maximum atomic E-state index is 12.3. The summed E-state index contributed by atoms with van der Waals surface area (Å²) in [5.41, 5.74) is 4.28. The molecule has 0 saturated carbocycles. The molecule has 4 heteroatoms. The zero-order chi connectivity index (χ0) is 24.2. The minimum Gasteiger partial charge on any atom is -0.497 e. The van der Waals surface area contributed by atoms with E-state index < -0.39 is 0 Å². The van der Waals surface area contributed by atoms with Crippen LogP contribution in [-0.4, -0.2) is 31.0 Å². The van der Waals surface area contributed by atoms with Gasteiger partial charge in [-0.15, -0.1) is 0 Å². The second-order valence-corrected chi connectivity index (χ2v) is 8.89. The van der Waals surface area contributed by atoms with E-state index in [0.29, 0.717) is 0 Å². The molecule has 176 valence electrons. The number of fused-ring (bicyclic) bond motifs is 1. The monoisotopic (exact) mass is 463 g/mol. The van der Waals surface area contributed by atoms with Gasteiger partial charge in [0, 0.05) is 30.1 Å². The van der Waals surface area contributed by atoms with Crippen LogP contribution in [0.15, 0.2) is 84.9 Å². The number of amides is 1. The number of likely N-dealkylation sites (tertiary alicyclic amines) is 1. The van der Waals surface area contributed by atoms with Crippen LogP contribution in [0.2, 0.25) is 0 Å². The number of methoxy groups -OCH3 is 1. The third-order valence-corrected chi connectivity index (χ3v) is 6.50. The quantitative estimate of drug-likeness (QED) is 0.283. The highest BCUT2D eigenvalue weighted by Crippen LogP contribution is 2.42. The van der Waals surface area contributed by atoms with Gasteiger partial charge in [-0.25, -0.2) is 0 Å². The average molecular weight is 464 g/mol. The lowest BCUT2D eigenvalue weighted by Gasteiger charge is -2.18. The molecule has 0 aromatic heterocycles. The van der Waals surface area contributed by atoms with Crippen molar-refractivity contribution in [3.63, 3.8) is 0 Å². The summed E-state index contributed by atoms with van der Waals surface area (Å²) in [6.45, 7) is 3.82. The first kappa shape index (κ1) is 22.7. The Hall–Kier alpha value is -4.05. The minimum absolute atomic E-state index is 0.0805. The molecule has 1 aliphatic heterocycles. The molecule has 0 radical (unpaired) electrons. The fourth-order valence-electron chi connectivity index (χ4n) is 4.66. The van der Waals surface area contributed by atoms with Crippen LogP contribution in [0.1, 0.15) is 24.0 Å². The molecular formula is C31H29NO3. The first-order valence-electron chi connectivity index (χ1n) is 12.0. The van der Waals surface area contributed by atoms with Gasteiger partial charge in [0.15, 0.2) is 0 Å². The minimum atomic E-state index is 0.0805. The Bertz CT molecular complexity index is 1370. The molecule has 4 aromatic rings. The highest BCUT2D eigenvalue weighted by molar-refractivity contribution is 5.97. The van der Waals surface area contributed by atoms with E-state index in [-0.39, 0.29) is 5.91 Å². The lowest BCUT2D eigenvalue weighted by atomic mass is 9.94. The summed E-state index contributed by atoms with van der Waals surface area (Å²) >= 11 is 0. The molecule has 0 N–H and O–H groups in total. The number of benzene rings is 4. The zero-order valence-electron chi connectivity index (χ0n) is 20.2. The summed E-state index contributed by atoms with van der Waals surface area (Å²) in [5.74, 6) is 2.46. The van der Waals surface area contributed by atoms with Crippen molar-refractivity contribution in [3.8, 4) is 28.4 Å². The third kappa shape index (κ3) is 4.92. The van der Waals surface area contributed by atoms with Crippen LogP contribution in [0.25, 0.3) is 28.0 Å². The standard InChI is InChI=1S/C31H29NO3/c1-22-20-25-21-27(34-2)15-16-28(25)31(30(22)24-8-4-3-5-9-24)35-26-13-10-23(11-14-26)12-17-29(33)32-18-6-7-19-32/h3-5,8-17,20-21H,6-7,18-19H2,1-2H3. The Morgan fingerprint density at radius 2 is 1.60 bits per heavy atom. The van der Waals surface area contributed by atoms with Crippen LogP contribution in [0, 0.1) is 6.92 Å². The number of hydrogen-bond acceptors (Lipinski definition) is 3. The molecule has 1 saturated heterocycles. The third-order valence-electron chi connectivity index (χ3n) is 6.50. The summed E-state index contributed by atoms with van der Waals surface area (Å²) in [6, 6.07) is 26.4. The van der Waals surface area contributed by atoms with Gasteiger partial charge in [0.25, 0.3) is 0 Å². The van der Waals surface area contributed by atoms with Crippen LogP contribution in [0.3, 0.4) is 0 Å². The maximum Gasteiger partial charge on any atom is 0.246 e. The van der Waals surface area contributed by atoms with Crippen LogP contribution in [0.4, 0.5) is 0 Å². The van der Waals surface area contributed by atoms with E-state index in [0.717, 1.165) is 76.2 Å². The Labute approximate surface area is 206 Å². The van der Waals surface area contributed by atoms with Crippen molar-refractivity contribution in [1.29, 1.82) is 0 Å². The smallest absolute Gasteiger partial charge is 0.246 e. The Kier molecular flexibility index (Phi) is 6.53. The lowest BCUT2D eigenvalue weighted by molar-refractivity contribution is -0.124. The number of hydrogen-bond donors (Lipinski definition) is 0. The van der Waals surface area contributed by atoms with Crippen molar-refractivity contribution in [2.24, 2.45) is 0 Å². The second kappa shape index (κ2) is 10.1.